The van der Waals surface area contributed by atoms with Gasteiger partial charge in [0.1, 0.15) is 11.9 Å². The maximum absolute atomic E-state index is 12.2. The molecular formula is C17H20N6O5. The van der Waals surface area contributed by atoms with Crippen molar-refractivity contribution in [2.75, 3.05) is 16.8 Å². The molecule has 0 radical (unpaired) electrons. The molecule has 0 aliphatic heterocycles. The second kappa shape index (κ2) is 9.16. The first-order chi connectivity index (χ1) is 13.3. The van der Waals surface area contributed by atoms with Crippen LogP contribution in [-0.4, -0.2) is 44.1 Å². The van der Waals surface area contributed by atoms with Crippen LogP contribution in [0.5, 0.6) is 0 Å². The van der Waals surface area contributed by atoms with Crippen molar-refractivity contribution in [1.29, 1.82) is 0 Å². The van der Waals surface area contributed by atoms with Crippen molar-refractivity contribution in [3.8, 4) is 0 Å². The Hall–Kier alpha value is -3.89. The largest absolute Gasteiger partial charge is 0.481 e. The van der Waals surface area contributed by atoms with Crippen LogP contribution >= 0.6 is 0 Å². The van der Waals surface area contributed by atoms with E-state index >= 15 is 0 Å². The summed E-state index contributed by atoms with van der Waals surface area (Å²) < 4.78 is 0. The van der Waals surface area contributed by atoms with Gasteiger partial charge in [-0.05, 0) is 30.7 Å². The van der Waals surface area contributed by atoms with E-state index in [0.717, 1.165) is 0 Å². The Balaban J connectivity index is 1.95. The molecule has 11 heteroatoms. The number of nitrogens with one attached hydrogen (secondary N) is 2. The number of amides is 1. The number of carboxylic acids is 2. The van der Waals surface area contributed by atoms with Crippen LogP contribution in [-0.2, 0) is 16.1 Å². The number of aliphatic carboxylic acids is 2. The first kappa shape index (κ1) is 20.4. The van der Waals surface area contributed by atoms with Crippen LogP contribution in [0.25, 0.3) is 0 Å². The van der Waals surface area contributed by atoms with Gasteiger partial charge < -0.3 is 32.3 Å². The third-order valence-electron chi connectivity index (χ3n) is 3.80. The van der Waals surface area contributed by atoms with Crippen LogP contribution < -0.4 is 22.1 Å². The van der Waals surface area contributed by atoms with E-state index in [9.17, 15) is 14.4 Å². The number of nitrogen functional groups attached to an aromatic ring is 2. The van der Waals surface area contributed by atoms with Gasteiger partial charge in [0.25, 0.3) is 5.91 Å². The standard InChI is InChI=1S/C17H20N6O5/c18-14-10(8-21-17(19)23-14)7-20-11-3-1-9(2-4-11)15(26)22-12(16(27)28)5-6-13(24)25/h1-4,8,12,20H,5-7H2,(H,22,26)(H,24,25)(H,27,28)(H4,18,19,21,23)/t12-/m0/s1. The number of rotatable bonds is 9. The maximum Gasteiger partial charge on any atom is 0.326 e. The summed E-state index contributed by atoms with van der Waals surface area (Å²) in [7, 11) is 0. The molecule has 8 N–H and O–H groups in total. The molecular weight excluding hydrogens is 368 g/mol. The fourth-order valence-corrected chi connectivity index (χ4v) is 2.27. The summed E-state index contributed by atoms with van der Waals surface area (Å²) in [6, 6.07) is 5.01. The van der Waals surface area contributed by atoms with Gasteiger partial charge in [0, 0.05) is 36.0 Å². The average Bonchev–Trinajstić information content (AvgIpc) is 2.64. The van der Waals surface area contributed by atoms with Gasteiger partial charge in [0.15, 0.2) is 0 Å². The highest BCUT2D eigenvalue weighted by Gasteiger charge is 2.21. The van der Waals surface area contributed by atoms with Gasteiger partial charge >= 0.3 is 11.9 Å². The molecule has 1 atom stereocenters. The van der Waals surface area contributed by atoms with E-state index < -0.39 is 23.9 Å². The number of nitrogens with two attached hydrogens (primary N) is 2. The number of carbonyl (C=O) groups excluding carboxylic acids is 1. The molecule has 2 rings (SSSR count). The predicted octanol–water partition coefficient (Wildman–Crippen LogP) is 0.301. The Labute approximate surface area is 159 Å². The zero-order chi connectivity index (χ0) is 20.7. The predicted molar refractivity (Wildman–Crippen MR) is 100 cm³/mol. The van der Waals surface area contributed by atoms with E-state index in [0.29, 0.717) is 17.8 Å². The van der Waals surface area contributed by atoms with E-state index in [-0.39, 0.29) is 30.2 Å². The van der Waals surface area contributed by atoms with Gasteiger partial charge in [0.05, 0.1) is 0 Å². The summed E-state index contributed by atoms with van der Waals surface area (Å²) in [6.45, 7) is 0.341. The molecule has 148 valence electrons. The van der Waals surface area contributed by atoms with Crippen molar-refractivity contribution in [3.63, 3.8) is 0 Å². The Morgan fingerprint density at radius 2 is 1.79 bits per heavy atom. The van der Waals surface area contributed by atoms with Crippen LogP contribution in [0.15, 0.2) is 30.5 Å². The van der Waals surface area contributed by atoms with Crippen molar-refractivity contribution in [2.24, 2.45) is 0 Å². The highest BCUT2D eigenvalue weighted by atomic mass is 16.4. The lowest BCUT2D eigenvalue weighted by Crippen LogP contribution is -2.41. The lowest BCUT2D eigenvalue weighted by atomic mass is 10.1. The van der Waals surface area contributed by atoms with Crippen LogP contribution in [0, 0.1) is 0 Å². The highest BCUT2D eigenvalue weighted by Crippen LogP contribution is 2.14. The SMILES string of the molecule is Nc1ncc(CNc2ccc(C(=O)N[C@@H](CCC(=O)O)C(=O)O)cc2)c(N)n1. The molecule has 1 aromatic heterocycles. The van der Waals surface area contributed by atoms with E-state index in [1.807, 2.05) is 0 Å². The first-order valence-electron chi connectivity index (χ1n) is 8.22. The molecule has 0 aliphatic carbocycles. The van der Waals surface area contributed by atoms with Crippen molar-refractivity contribution < 1.29 is 24.6 Å². The molecule has 0 unspecified atom stereocenters. The normalized spacial score (nSPS) is 11.4. The molecule has 1 amide bonds. The Kier molecular flexibility index (Phi) is 6.68. The van der Waals surface area contributed by atoms with Gasteiger partial charge in [-0.1, -0.05) is 0 Å². The molecule has 0 spiro atoms. The maximum atomic E-state index is 12.2. The lowest BCUT2D eigenvalue weighted by Gasteiger charge is -2.14. The molecule has 11 nitrogen and oxygen atoms in total. The van der Waals surface area contributed by atoms with Crippen LogP contribution in [0.3, 0.4) is 0 Å². The van der Waals surface area contributed by atoms with Gasteiger partial charge in [0.2, 0.25) is 5.95 Å². The molecule has 0 saturated carbocycles. The highest BCUT2D eigenvalue weighted by molar-refractivity contribution is 5.96. The summed E-state index contributed by atoms with van der Waals surface area (Å²) in [5, 5.41) is 23.2. The average molecular weight is 388 g/mol. The van der Waals surface area contributed by atoms with E-state index in [1.54, 1.807) is 12.1 Å². The number of anilines is 3. The Bertz CT molecular complexity index is 871. The van der Waals surface area contributed by atoms with Crippen LogP contribution in [0.4, 0.5) is 17.5 Å². The zero-order valence-electron chi connectivity index (χ0n) is 14.8. The first-order valence-corrected chi connectivity index (χ1v) is 8.22. The monoisotopic (exact) mass is 388 g/mol. The van der Waals surface area contributed by atoms with Gasteiger partial charge in [-0.25, -0.2) is 9.78 Å². The minimum Gasteiger partial charge on any atom is -0.481 e. The van der Waals surface area contributed by atoms with Crippen molar-refractivity contribution >= 4 is 35.3 Å². The third kappa shape index (κ3) is 5.83. The third-order valence-corrected chi connectivity index (χ3v) is 3.80. The smallest absolute Gasteiger partial charge is 0.326 e. The number of carboxylic acid groups (broad SMARTS) is 2. The molecule has 0 bridgehead atoms. The summed E-state index contributed by atoms with van der Waals surface area (Å²) in [4.78, 5) is 41.7. The fraction of sp³-hybridized carbons (Fsp3) is 0.235. The number of nitrogens with zero attached hydrogens (tertiary/aromatic N) is 2. The van der Waals surface area contributed by atoms with Gasteiger partial charge in [-0.2, -0.15) is 4.98 Å². The van der Waals surface area contributed by atoms with Crippen molar-refractivity contribution in [3.05, 3.63) is 41.6 Å². The molecule has 0 fully saturated rings. The molecule has 2 aromatic rings. The minimum absolute atomic E-state index is 0.0830. The van der Waals surface area contributed by atoms with Gasteiger partial charge in [-0.15, -0.1) is 0 Å². The number of aromatic nitrogens is 2. The van der Waals surface area contributed by atoms with E-state index in [2.05, 4.69) is 20.6 Å². The Morgan fingerprint density at radius 1 is 1.11 bits per heavy atom. The summed E-state index contributed by atoms with van der Waals surface area (Å²) >= 11 is 0. The van der Waals surface area contributed by atoms with Crippen LogP contribution in [0.2, 0.25) is 0 Å². The van der Waals surface area contributed by atoms with E-state index in [1.165, 1.54) is 18.3 Å². The molecule has 0 aliphatic rings. The zero-order valence-corrected chi connectivity index (χ0v) is 14.8. The summed E-state index contributed by atoms with van der Waals surface area (Å²) in [5.74, 6) is -2.70. The topological polar surface area (TPSA) is 194 Å². The second-order valence-corrected chi connectivity index (χ2v) is 5.87. The number of carbonyl (C=O) groups is 3. The Morgan fingerprint density at radius 3 is 2.36 bits per heavy atom. The van der Waals surface area contributed by atoms with Crippen molar-refractivity contribution in [1.82, 2.24) is 15.3 Å². The summed E-state index contributed by atoms with van der Waals surface area (Å²) in [5.41, 5.74) is 12.8. The second-order valence-electron chi connectivity index (χ2n) is 5.87. The molecule has 28 heavy (non-hydrogen) atoms. The van der Waals surface area contributed by atoms with Crippen LogP contribution in [0.1, 0.15) is 28.8 Å². The molecule has 1 aromatic carbocycles. The number of hydrogen-bond donors (Lipinski definition) is 6. The fourth-order valence-electron chi connectivity index (χ4n) is 2.27. The van der Waals surface area contributed by atoms with Gasteiger partial charge in [-0.3, -0.25) is 9.59 Å². The summed E-state index contributed by atoms with van der Waals surface area (Å²) in [6.07, 6.45) is 0.939. The quantitative estimate of drug-likeness (QED) is 0.348. The minimum atomic E-state index is -1.30. The lowest BCUT2D eigenvalue weighted by molar-refractivity contribution is -0.140. The number of benzene rings is 1. The molecule has 0 saturated heterocycles. The van der Waals surface area contributed by atoms with E-state index in [4.69, 9.17) is 21.7 Å². The molecule has 1 heterocycles. The number of hydrogen-bond acceptors (Lipinski definition) is 8. The van der Waals surface area contributed by atoms with Crippen molar-refractivity contribution in [2.45, 2.75) is 25.4 Å².